The molecule has 57 heavy (non-hydrogen) atoms. The van der Waals surface area contributed by atoms with Crippen LogP contribution in [-0.4, -0.2) is 95.4 Å². The van der Waals surface area contributed by atoms with E-state index in [9.17, 15) is 62.5 Å². The second-order valence-electron chi connectivity index (χ2n) is 14.1. The molecule has 0 radical (unpaired) electrons. The second kappa shape index (κ2) is 25.3. The predicted molar refractivity (Wildman–Crippen MR) is 182 cm³/mol. The summed E-state index contributed by atoms with van der Waals surface area (Å²) >= 11 is 0. The van der Waals surface area contributed by atoms with Crippen LogP contribution in [0, 0.1) is 30.6 Å². The van der Waals surface area contributed by atoms with Crippen LogP contribution in [0.15, 0.2) is 40.8 Å². The third-order valence-electron chi connectivity index (χ3n) is 9.74. The summed E-state index contributed by atoms with van der Waals surface area (Å²) in [4.78, 5) is 62.0. The smallest absolute Gasteiger partial charge is 0.744 e. The number of nitrogens with zero attached hydrogens (tertiary/aromatic N) is 2. The van der Waals surface area contributed by atoms with Crippen LogP contribution in [0.4, 0.5) is 0 Å². The van der Waals surface area contributed by atoms with Crippen molar-refractivity contribution in [1.29, 1.82) is 0 Å². The zero-order valence-electron chi connectivity index (χ0n) is 34.4. The summed E-state index contributed by atoms with van der Waals surface area (Å²) in [6.45, 7) is 6.42. The van der Waals surface area contributed by atoms with Crippen LogP contribution in [0.3, 0.4) is 0 Å². The maximum atomic E-state index is 14.1. The number of aromatic hydroxyl groups is 1. The molecule has 1 saturated carbocycles. The summed E-state index contributed by atoms with van der Waals surface area (Å²) in [6, 6.07) is 7.03. The van der Waals surface area contributed by atoms with Crippen LogP contribution < -0.4 is 134 Å². The second-order valence-corrected chi connectivity index (χ2v) is 15.5. The van der Waals surface area contributed by atoms with E-state index >= 15 is 0 Å². The average Bonchev–Trinajstić information content (AvgIpc) is 3.01. The molecule has 2 aromatic rings. The van der Waals surface area contributed by atoms with Crippen molar-refractivity contribution in [2.45, 2.75) is 65.3 Å². The molecule has 1 aliphatic rings. The molecule has 0 amide bonds. The summed E-state index contributed by atoms with van der Waals surface area (Å²) in [5, 5.41) is 55.8. The number of aliphatic carboxylic acids is 4. The number of carboxylic acid groups (broad SMARTS) is 4. The Morgan fingerprint density at radius 3 is 1.82 bits per heavy atom. The van der Waals surface area contributed by atoms with E-state index in [0.29, 0.717) is 22.3 Å². The summed E-state index contributed by atoms with van der Waals surface area (Å²) in [5.74, 6) is -9.87. The molecule has 0 spiro atoms. The number of hydrogen-bond acceptors (Lipinski definition) is 14. The van der Waals surface area contributed by atoms with E-state index in [1.807, 2.05) is 0 Å². The van der Waals surface area contributed by atoms with Crippen LogP contribution in [0.2, 0.25) is 0 Å². The van der Waals surface area contributed by atoms with Gasteiger partial charge in [0.25, 0.3) is 0 Å². The predicted octanol–water partition coefficient (Wildman–Crippen LogP) is -12.5. The summed E-state index contributed by atoms with van der Waals surface area (Å²) < 4.78 is 38.4. The van der Waals surface area contributed by atoms with Crippen LogP contribution in [0.5, 0.6) is 5.75 Å². The number of phenolic OH excluding ortho intramolecular Hbond substituents is 1. The molecule has 0 aromatic heterocycles. The van der Waals surface area contributed by atoms with Crippen LogP contribution >= 0.6 is 0 Å². The minimum absolute atomic E-state index is 0. The van der Waals surface area contributed by atoms with Crippen molar-refractivity contribution >= 4 is 45.4 Å². The normalized spacial score (nSPS) is 17.6. The van der Waals surface area contributed by atoms with Gasteiger partial charge in [-0.3, -0.25) is 19.4 Å². The first-order valence-electron chi connectivity index (χ1n) is 17.0. The molecule has 0 bridgehead atoms. The third-order valence-corrected chi connectivity index (χ3v) is 10.6. The number of phenols is 1. The number of benzene rings is 2. The molecule has 2 N–H and O–H groups in total. The number of carbonyl (C=O) groups excluding carboxylic acids is 4. The molecule has 20 heteroatoms. The number of allylic oxidation sites excluding steroid dienone is 1. The molecule has 0 aliphatic heterocycles. The van der Waals surface area contributed by atoms with E-state index in [-0.39, 0.29) is 172 Å². The minimum atomic E-state index is -5.15. The molecular formula is C37H44N2Na4O13S. The Labute approximate surface area is 421 Å². The Balaban J connectivity index is 0. The minimum Gasteiger partial charge on any atom is -0.744 e. The first kappa shape index (κ1) is 58.5. The Morgan fingerprint density at radius 2 is 1.37 bits per heavy atom. The number of carbonyl (C=O) groups is 5. The van der Waals surface area contributed by atoms with E-state index in [2.05, 4.69) is 0 Å². The van der Waals surface area contributed by atoms with Crippen LogP contribution in [0.1, 0.15) is 74.8 Å². The van der Waals surface area contributed by atoms with E-state index < -0.39 is 88.7 Å². The molecule has 1 aliphatic carbocycles. The third kappa shape index (κ3) is 15.6. The van der Waals surface area contributed by atoms with Crippen molar-refractivity contribution < 1.29 is 181 Å². The van der Waals surface area contributed by atoms with Gasteiger partial charge in [-0.1, -0.05) is 58.4 Å². The van der Waals surface area contributed by atoms with Gasteiger partial charge >= 0.3 is 124 Å². The first-order chi connectivity index (χ1) is 24.5. The van der Waals surface area contributed by atoms with Gasteiger partial charge in [0.2, 0.25) is 0 Å². The van der Waals surface area contributed by atoms with Crippen LogP contribution in [-0.2, 0) is 40.6 Å². The molecule has 0 heterocycles. The average molecular weight is 849 g/mol. The van der Waals surface area contributed by atoms with Gasteiger partial charge in [-0.05, 0) is 71.1 Å². The zero-order chi connectivity index (χ0) is 40.1. The number of hydrogen-bond donors (Lipinski definition) is 2. The van der Waals surface area contributed by atoms with Gasteiger partial charge in [0.1, 0.15) is 21.7 Å². The van der Waals surface area contributed by atoms with Gasteiger partial charge in [0, 0.05) is 50.1 Å². The van der Waals surface area contributed by atoms with Crippen molar-refractivity contribution in [3.8, 4) is 5.75 Å². The first-order valence-corrected chi connectivity index (χ1v) is 18.4. The maximum absolute atomic E-state index is 14.1. The van der Waals surface area contributed by atoms with Gasteiger partial charge in [-0.25, -0.2) is 8.42 Å². The Morgan fingerprint density at radius 1 is 0.860 bits per heavy atom. The number of rotatable bonds is 17. The van der Waals surface area contributed by atoms with E-state index in [0.717, 1.165) is 15.9 Å². The maximum Gasteiger partial charge on any atom is 1.00 e. The van der Waals surface area contributed by atoms with Crippen LogP contribution in [0.25, 0.3) is 5.57 Å². The van der Waals surface area contributed by atoms with Crippen molar-refractivity contribution in [1.82, 2.24) is 9.80 Å². The summed E-state index contributed by atoms with van der Waals surface area (Å²) in [6.07, 6.45) is 0.0557. The van der Waals surface area contributed by atoms with E-state index in [1.54, 1.807) is 47.6 Å². The largest absolute Gasteiger partial charge is 1.00 e. The Kier molecular flexibility index (Phi) is 26.0. The molecule has 15 nitrogen and oxygen atoms in total. The molecule has 3 atom stereocenters. The Hall–Kier alpha value is -0.640. The van der Waals surface area contributed by atoms with Gasteiger partial charge in [0.15, 0.2) is 0 Å². The zero-order valence-corrected chi connectivity index (χ0v) is 43.2. The number of Topliss-reactive ketones (excluding diaryl/α,β-unsaturated/α-hetero) is 1. The molecule has 1 fully saturated rings. The topological polar surface area (TPSA) is 259 Å². The van der Waals surface area contributed by atoms with Gasteiger partial charge in [-0.15, -0.1) is 0 Å². The molecule has 0 saturated heterocycles. The van der Waals surface area contributed by atoms with Gasteiger partial charge in [0.05, 0.1) is 29.3 Å². The Bertz CT molecular complexity index is 1890. The number of ketones is 1. The van der Waals surface area contributed by atoms with E-state index in [1.165, 1.54) is 18.2 Å². The van der Waals surface area contributed by atoms with E-state index in [4.69, 9.17) is 0 Å². The van der Waals surface area contributed by atoms with Gasteiger partial charge < -0.3 is 44.5 Å². The van der Waals surface area contributed by atoms with Crippen molar-refractivity contribution in [3.05, 3.63) is 63.7 Å². The monoisotopic (exact) mass is 848 g/mol. The fourth-order valence-corrected chi connectivity index (χ4v) is 7.83. The molecule has 2 aromatic carbocycles. The summed E-state index contributed by atoms with van der Waals surface area (Å²) in [5.41, 5.74) is 1.71. The summed E-state index contributed by atoms with van der Waals surface area (Å²) in [7, 11) is -5.15. The van der Waals surface area contributed by atoms with Crippen molar-refractivity contribution in [2.24, 2.45) is 23.7 Å². The fourth-order valence-electron chi connectivity index (χ4n) is 7.15. The van der Waals surface area contributed by atoms with Crippen molar-refractivity contribution in [2.75, 3.05) is 32.7 Å². The molecule has 3 rings (SSSR count). The van der Waals surface area contributed by atoms with Gasteiger partial charge in [-0.2, -0.15) is 0 Å². The molecule has 3 unspecified atom stereocenters. The quantitative estimate of drug-likeness (QED) is 0.111. The SMILES string of the molecule is Cc1c(/C(=C2\CC(C(C)C)C(=O)C(CN(CC(=O)[O-])CC(=O)[O-])C2C)c2ccccc2S(=O)(=O)[O-])cc(C(C)C)c(O)c1CN(CC(=O)[O-])CC(=O)O.[Na+].[Na+].[Na+].[Na+]. The molecular weight excluding hydrogens is 804 g/mol. The standard InChI is InChI=1S/C37H48N2O13S.4Na/c1-19(2)24-11-26(21(5)28(36(24)48)13-38(15-31(40)41)16-32(42)43)35(23-9-7-8-10-30(23)53(50,51)52)27-12-25(20(3)4)37(49)29(22(27)6)14-39(17-33(44)45)18-34(46)47;;;;/h7-11,19-20,22,25,29,48H,12-18H2,1-6H3,(H,40,41)(H,42,43)(H,44,45)(H,46,47)(H,50,51,52);;;;/q;4*+1/p-4/b35-27+;;;;. The van der Waals surface area contributed by atoms with Crippen molar-refractivity contribution in [3.63, 3.8) is 0 Å². The fraction of sp³-hybridized carbons (Fsp3) is 0.486. The number of carboxylic acids is 4. The molecule has 290 valence electrons.